The molecule has 1 aromatic carbocycles. The maximum absolute atomic E-state index is 12.1. The summed E-state index contributed by atoms with van der Waals surface area (Å²) in [5, 5.41) is 6.12. The smallest absolute Gasteiger partial charge is 0.240 e. The highest BCUT2D eigenvalue weighted by atomic mass is 35.5. The van der Waals surface area contributed by atoms with Gasteiger partial charge in [0.25, 0.3) is 0 Å². The van der Waals surface area contributed by atoms with Crippen LogP contribution in [0.25, 0.3) is 0 Å². The summed E-state index contributed by atoms with van der Waals surface area (Å²) in [5.74, 6) is 0.844. The minimum atomic E-state index is -0.272. The fourth-order valence-corrected chi connectivity index (χ4v) is 2.25. The zero-order valence-electron chi connectivity index (χ0n) is 13.1. The number of halogens is 1. The molecule has 5 nitrogen and oxygen atoms in total. The molecule has 22 heavy (non-hydrogen) atoms. The fraction of sp³-hybridized carbons (Fsp3) is 0.562. The molecule has 1 amide bonds. The highest BCUT2D eigenvalue weighted by molar-refractivity contribution is 5.85. The predicted molar refractivity (Wildman–Crippen MR) is 88.5 cm³/mol. The number of nitrogens with one attached hydrogen (secondary N) is 2. The molecule has 6 heteroatoms. The van der Waals surface area contributed by atoms with Crippen molar-refractivity contribution in [2.75, 3.05) is 19.8 Å². The van der Waals surface area contributed by atoms with E-state index in [4.69, 9.17) is 9.47 Å². The van der Waals surface area contributed by atoms with Crippen LogP contribution in [0.5, 0.6) is 5.75 Å². The Kier molecular flexibility index (Phi) is 8.24. The third kappa shape index (κ3) is 5.48. The van der Waals surface area contributed by atoms with E-state index in [0.29, 0.717) is 19.7 Å². The van der Waals surface area contributed by atoms with Crippen molar-refractivity contribution in [2.24, 2.45) is 0 Å². The van der Waals surface area contributed by atoms with Crippen molar-refractivity contribution in [1.29, 1.82) is 0 Å². The lowest BCUT2D eigenvalue weighted by atomic mass is 10.1. The molecular formula is C16H25ClN2O3. The Hall–Kier alpha value is -1.30. The topological polar surface area (TPSA) is 59.6 Å². The molecule has 2 rings (SSSR count). The largest absolute Gasteiger partial charge is 0.494 e. The highest BCUT2D eigenvalue weighted by Gasteiger charge is 2.27. The number of carbonyl (C=O) groups excluding carboxylic acids is 1. The van der Waals surface area contributed by atoms with E-state index in [-0.39, 0.29) is 30.5 Å². The summed E-state index contributed by atoms with van der Waals surface area (Å²) >= 11 is 0. The summed E-state index contributed by atoms with van der Waals surface area (Å²) in [5.41, 5.74) is 1.05. The highest BCUT2D eigenvalue weighted by Crippen LogP contribution is 2.12. The molecule has 2 N–H and O–H groups in total. The molecule has 1 aliphatic rings. The van der Waals surface area contributed by atoms with Gasteiger partial charge in [0.2, 0.25) is 5.91 Å². The number of hydrogen-bond acceptors (Lipinski definition) is 4. The van der Waals surface area contributed by atoms with Gasteiger partial charge in [-0.2, -0.15) is 0 Å². The van der Waals surface area contributed by atoms with E-state index >= 15 is 0 Å². The number of morpholine rings is 1. The molecule has 0 aromatic heterocycles. The average Bonchev–Trinajstić information content (AvgIpc) is 2.52. The predicted octanol–water partition coefficient (Wildman–Crippen LogP) is 1.89. The maximum Gasteiger partial charge on any atom is 0.240 e. The SMILES string of the molecule is CCCOc1ccc(CNC(=O)[C@H]2NCCO[C@@H]2C)cc1.Cl. The van der Waals surface area contributed by atoms with E-state index < -0.39 is 0 Å². The maximum atomic E-state index is 12.1. The summed E-state index contributed by atoms with van der Waals surface area (Å²) in [4.78, 5) is 12.1. The van der Waals surface area contributed by atoms with E-state index in [2.05, 4.69) is 17.6 Å². The Bertz CT molecular complexity index is 453. The molecular weight excluding hydrogens is 304 g/mol. The van der Waals surface area contributed by atoms with Crippen LogP contribution in [0.3, 0.4) is 0 Å². The monoisotopic (exact) mass is 328 g/mol. The van der Waals surface area contributed by atoms with Gasteiger partial charge in [0.05, 0.1) is 19.3 Å². The minimum absolute atomic E-state index is 0. The molecule has 0 aliphatic carbocycles. The van der Waals surface area contributed by atoms with Gasteiger partial charge < -0.3 is 20.1 Å². The van der Waals surface area contributed by atoms with E-state index in [1.54, 1.807) is 0 Å². The Morgan fingerprint density at radius 3 is 2.77 bits per heavy atom. The first-order valence-electron chi connectivity index (χ1n) is 7.55. The molecule has 0 spiro atoms. The summed E-state index contributed by atoms with van der Waals surface area (Å²) < 4.78 is 11.0. The molecule has 1 saturated heterocycles. The van der Waals surface area contributed by atoms with Crippen LogP contribution in [0.15, 0.2) is 24.3 Å². The van der Waals surface area contributed by atoms with Crippen LogP contribution < -0.4 is 15.4 Å². The first kappa shape index (κ1) is 18.7. The third-order valence-corrected chi connectivity index (χ3v) is 3.46. The molecule has 1 aliphatic heterocycles. The lowest BCUT2D eigenvalue weighted by Crippen LogP contribution is -2.55. The molecule has 2 atom stereocenters. The Balaban J connectivity index is 0.00000242. The molecule has 1 aromatic rings. The van der Waals surface area contributed by atoms with Crippen molar-refractivity contribution >= 4 is 18.3 Å². The first-order valence-corrected chi connectivity index (χ1v) is 7.55. The zero-order chi connectivity index (χ0) is 15.1. The number of rotatable bonds is 6. The summed E-state index contributed by atoms with van der Waals surface area (Å²) in [6.07, 6.45) is 0.899. The Morgan fingerprint density at radius 2 is 2.14 bits per heavy atom. The number of amides is 1. The van der Waals surface area contributed by atoms with Gasteiger partial charge in [-0.15, -0.1) is 12.4 Å². The lowest BCUT2D eigenvalue weighted by molar-refractivity contribution is -0.129. The van der Waals surface area contributed by atoms with Crippen LogP contribution in [-0.4, -0.2) is 37.8 Å². The summed E-state index contributed by atoms with van der Waals surface area (Å²) in [6.45, 7) is 6.60. The van der Waals surface area contributed by atoms with E-state index in [9.17, 15) is 4.79 Å². The molecule has 1 heterocycles. The van der Waals surface area contributed by atoms with Crippen LogP contribution in [0.1, 0.15) is 25.8 Å². The Morgan fingerprint density at radius 1 is 1.41 bits per heavy atom. The summed E-state index contributed by atoms with van der Waals surface area (Å²) in [6, 6.07) is 7.54. The average molecular weight is 329 g/mol. The van der Waals surface area contributed by atoms with Crippen molar-refractivity contribution < 1.29 is 14.3 Å². The van der Waals surface area contributed by atoms with Crippen molar-refractivity contribution in [3.05, 3.63) is 29.8 Å². The molecule has 0 unspecified atom stereocenters. The standard InChI is InChI=1S/C16H24N2O3.ClH/c1-3-9-21-14-6-4-13(5-7-14)11-18-16(19)15-12(2)20-10-8-17-15;/h4-7,12,15,17H,3,8-11H2,1-2H3,(H,18,19);1H/t12-,15+;/m1./s1. The van der Waals surface area contributed by atoms with Gasteiger partial charge in [-0.3, -0.25) is 4.79 Å². The normalized spacial score (nSPS) is 20.8. The van der Waals surface area contributed by atoms with Gasteiger partial charge >= 0.3 is 0 Å². The van der Waals surface area contributed by atoms with Crippen LogP contribution in [0.2, 0.25) is 0 Å². The second-order valence-electron chi connectivity index (χ2n) is 5.22. The van der Waals surface area contributed by atoms with Gasteiger partial charge in [0.15, 0.2) is 0 Å². The van der Waals surface area contributed by atoms with Crippen LogP contribution >= 0.6 is 12.4 Å². The van der Waals surface area contributed by atoms with Crippen LogP contribution in [0.4, 0.5) is 0 Å². The first-order chi connectivity index (χ1) is 10.2. The van der Waals surface area contributed by atoms with Crippen molar-refractivity contribution in [3.8, 4) is 5.75 Å². The van der Waals surface area contributed by atoms with Gasteiger partial charge in [-0.25, -0.2) is 0 Å². The number of benzene rings is 1. The molecule has 1 fully saturated rings. The second kappa shape index (κ2) is 9.66. The van der Waals surface area contributed by atoms with Gasteiger partial charge in [-0.05, 0) is 31.0 Å². The van der Waals surface area contributed by atoms with Gasteiger partial charge in [0.1, 0.15) is 11.8 Å². The number of carbonyl (C=O) groups is 1. The second-order valence-corrected chi connectivity index (χ2v) is 5.22. The van der Waals surface area contributed by atoms with E-state index in [1.807, 2.05) is 31.2 Å². The van der Waals surface area contributed by atoms with Crippen LogP contribution in [-0.2, 0) is 16.1 Å². The van der Waals surface area contributed by atoms with Gasteiger partial charge in [-0.1, -0.05) is 19.1 Å². The third-order valence-electron chi connectivity index (χ3n) is 3.46. The fourth-order valence-electron chi connectivity index (χ4n) is 2.25. The quantitative estimate of drug-likeness (QED) is 0.837. The summed E-state index contributed by atoms with van der Waals surface area (Å²) in [7, 11) is 0. The zero-order valence-corrected chi connectivity index (χ0v) is 13.9. The minimum Gasteiger partial charge on any atom is -0.494 e. The van der Waals surface area contributed by atoms with E-state index in [1.165, 1.54) is 0 Å². The van der Waals surface area contributed by atoms with Crippen molar-refractivity contribution in [2.45, 2.75) is 39.0 Å². The molecule has 124 valence electrons. The number of hydrogen-bond donors (Lipinski definition) is 2. The number of ether oxygens (including phenoxy) is 2. The molecule has 0 saturated carbocycles. The van der Waals surface area contributed by atoms with Gasteiger partial charge in [0, 0.05) is 13.1 Å². The van der Waals surface area contributed by atoms with Crippen molar-refractivity contribution in [3.63, 3.8) is 0 Å². The van der Waals surface area contributed by atoms with E-state index in [0.717, 1.165) is 24.3 Å². The molecule has 0 radical (unpaired) electrons. The molecule has 0 bridgehead atoms. The lowest BCUT2D eigenvalue weighted by Gasteiger charge is -2.29. The Labute approximate surface area is 138 Å². The van der Waals surface area contributed by atoms with Crippen molar-refractivity contribution in [1.82, 2.24) is 10.6 Å². The van der Waals surface area contributed by atoms with Crippen LogP contribution in [0, 0.1) is 0 Å².